The molecule has 0 aliphatic carbocycles. The van der Waals surface area contributed by atoms with Gasteiger partial charge in [-0.1, -0.05) is 23.2 Å². The molecule has 0 saturated carbocycles. The van der Waals surface area contributed by atoms with Gasteiger partial charge in [0.2, 0.25) is 5.91 Å². The zero-order valence-electron chi connectivity index (χ0n) is 19.4. The number of nitrogens with zero attached hydrogens (tertiary/aromatic N) is 1. The van der Waals surface area contributed by atoms with Gasteiger partial charge in [-0.2, -0.15) is 0 Å². The van der Waals surface area contributed by atoms with Gasteiger partial charge in [0.25, 0.3) is 5.91 Å². The number of carbonyl (C=O) groups is 2. The van der Waals surface area contributed by atoms with Crippen LogP contribution in [0.5, 0.6) is 11.5 Å². The highest BCUT2D eigenvalue weighted by Crippen LogP contribution is 2.29. The summed E-state index contributed by atoms with van der Waals surface area (Å²) < 4.78 is 11.7. The molecule has 0 bridgehead atoms. The summed E-state index contributed by atoms with van der Waals surface area (Å²) in [5.74, 6) is 1.18. The minimum atomic E-state index is -0.165. The Hall–Kier alpha value is -3.03. The van der Waals surface area contributed by atoms with Crippen LogP contribution in [0.1, 0.15) is 34.3 Å². The van der Waals surface area contributed by atoms with Crippen molar-refractivity contribution >= 4 is 29.5 Å². The fourth-order valence-corrected chi connectivity index (χ4v) is 4.30. The van der Waals surface area contributed by atoms with Gasteiger partial charge >= 0.3 is 0 Å². The third-order valence-electron chi connectivity index (χ3n) is 5.82. The van der Waals surface area contributed by atoms with Crippen molar-refractivity contribution in [1.29, 1.82) is 0 Å². The zero-order chi connectivity index (χ0) is 23.9. The molecule has 8 heteroatoms. The number of hydrogen-bond acceptors (Lipinski definition) is 5. The Bertz CT molecular complexity index is 1090. The third-order valence-corrected chi connectivity index (χ3v) is 6.06. The van der Waals surface area contributed by atoms with Crippen LogP contribution in [0.25, 0.3) is 6.08 Å². The molecule has 2 aromatic carbocycles. The molecule has 34 heavy (non-hydrogen) atoms. The van der Waals surface area contributed by atoms with Gasteiger partial charge in [-0.3, -0.25) is 14.5 Å². The first-order chi connectivity index (χ1) is 16.5. The first-order valence-electron chi connectivity index (χ1n) is 11.6. The Labute approximate surface area is 205 Å². The van der Waals surface area contributed by atoms with Gasteiger partial charge in [0, 0.05) is 36.6 Å². The number of hydrogen-bond donors (Lipinski definition) is 2. The molecule has 0 aromatic heterocycles. The molecule has 2 aromatic rings. The normalized spacial score (nSPS) is 18.0. The Morgan fingerprint density at radius 3 is 2.74 bits per heavy atom. The number of carbonyl (C=O) groups excluding carboxylic acids is 2. The van der Waals surface area contributed by atoms with Crippen molar-refractivity contribution in [3.05, 3.63) is 63.7 Å². The zero-order valence-corrected chi connectivity index (χ0v) is 20.1. The Kier molecular flexibility index (Phi) is 8.08. The number of ether oxygens (including phenoxy) is 2. The second-order valence-corrected chi connectivity index (χ2v) is 9.04. The molecule has 0 spiro atoms. The van der Waals surface area contributed by atoms with Crippen molar-refractivity contribution in [2.75, 3.05) is 45.9 Å². The van der Waals surface area contributed by atoms with Gasteiger partial charge in [0.05, 0.1) is 12.1 Å². The van der Waals surface area contributed by atoms with Gasteiger partial charge in [-0.25, -0.2) is 0 Å². The van der Waals surface area contributed by atoms with Crippen LogP contribution in [0.3, 0.4) is 0 Å². The summed E-state index contributed by atoms with van der Waals surface area (Å²) in [5, 5.41) is 6.58. The maximum atomic E-state index is 12.9. The number of nitrogens with one attached hydrogen (secondary N) is 2. The second kappa shape index (κ2) is 11.4. The van der Waals surface area contributed by atoms with Crippen molar-refractivity contribution in [1.82, 2.24) is 15.5 Å². The Morgan fingerprint density at radius 1 is 1.00 bits per heavy atom. The average Bonchev–Trinajstić information content (AvgIpc) is 2.82. The number of aryl methyl sites for hydroxylation is 1. The number of fused-ring (bicyclic) bond motifs is 2. The SMILES string of the molecule is Cc1ccc2c(c1)C(=O)NCCN(CC1=Cc3cc(Cl)ccc3OC1)CCCC(=O)NCCO2. The van der Waals surface area contributed by atoms with E-state index in [0.29, 0.717) is 62.1 Å². The van der Waals surface area contributed by atoms with Crippen molar-refractivity contribution in [3.63, 3.8) is 0 Å². The van der Waals surface area contributed by atoms with Crippen LogP contribution in [0.2, 0.25) is 5.02 Å². The van der Waals surface area contributed by atoms with E-state index in [1.54, 1.807) is 6.07 Å². The molecule has 0 atom stereocenters. The van der Waals surface area contributed by atoms with Gasteiger partial charge in [-0.15, -0.1) is 0 Å². The molecule has 0 radical (unpaired) electrons. The summed E-state index contributed by atoms with van der Waals surface area (Å²) in [6.45, 7) is 5.68. The van der Waals surface area contributed by atoms with Crippen LogP contribution in [0, 0.1) is 6.92 Å². The Morgan fingerprint density at radius 2 is 1.85 bits per heavy atom. The second-order valence-electron chi connectivity index (χ2n) is 8.61. The molecule has 2 heterocycles. The van der Waals surface area contributed by atoms with E-state index in [4.69, 9.17) is 21.1 Å². The van der Waals surface area contributed by atoms with Crippen molar-refractivity contribution in [3.8, 4) is 11.5 Å². The van der Waals surface area contributed by atoms with Crippen LogP contribution in [-0.2, 0) is 4.79 Å². The molecular weight excluding hydrogens is 454 g/mol. The molecule has 0 saturated heterocycles. The molecule has 2 aliphatic rings. The van der Waals surface area contributed by atoms with Crippen LogP contribution >= 0.6 is 11.6 Å². The quantitative estimate of drug-likeness (QED) is 0.684. The number of amides is 2. The highest BCUT2D eigenvalue weighted by Gasteiger charge is 2.17. The molecule has 2 aliphatic heterocycles. The first kappa shape index (κ1) is 24.1. The number of rotatable bonds is 2. The van der Waals surface area contributed by atoms with Crippen LogP contribution in [-0.4, -0.2) is 62.7 Å². The van der Waals surface area contributed by atoms with Crippen molar-refractivity contribution < 1.29 is 19.1 Å². The molecular formula is C26H30ClN3O4. The minimum Gasteiger partial charge on any atom is -0.491 e. The highest BCUT2D eigenvalue weighted by atomic mass is 35.5. The lowest BCUT2D eigenvalue weighted by Crippen LogP contribution is -2.37. The molecule has 2 N–H and O–H groups in total. The summed E-state index contributed by atoms with van der Waals surface area (Å²) >= 11 is 6.15. The van der Waals surface area contributed by atoms with Crippen LogP contribution in [0.4, 0.5) is 0 Å². The molecule has 180 valence electrons. The molecule has 4 rings (SSSR count). The van der Waals surface area contributed by atoms with Crippen molar-refractivity contribution in [2.45, 2.75) is 19.8 Å². The lowest BCUT2D eigenvalue weighted by molar-refractivity contribution is -0.121. The largest absolute Gasteiger partial charge is 0.491 e. The monoisotopic (exact) mass is 483 g/mol. The number of halogens is 1. The summed E-state index contributed by atoms with van der Waals surface area (Å²) in [5.41, 5.74) is 3.57. The van der Waals surface area contributed by atoms with E-state index < -0.39 is 0 Å². The lowest BCUT2D eigenvalue weighted by atomic mass is 10.1. The molecule has 7 nitrogen and oxygen atoms in total. The van der Waals surface area contributed by atoms with Gasteiger partial charge in [0.15, 0.2) is 0 Å². The highest BCUT2D eigenvalue weighted by molar-refractivity contribution is 6.30. The van der Waals surface area contributed by atoms with Gasteiger partial charge < -0.3 is 20.1 Å². The first-order valence-corrected chi connectivity index (χ1v) is 12.0. The maximum Gasteiger partial charge on any atom is 0.255 e. The summed E-state index contributed by atoms with van der Waals surface area (Å²) in [4.78, 5) is 27.4. The van der Waals surface area contributed by atoms with E-state index in [1.165, 1.54) is 0 Å². The topological polar surface area (TPSA) is 79.9 Å². The summed E-state index contributed by atoms with van der Waals surface area (Å²) in [6.07, 6.45) is 3.27. The van der Waals surface area contributed by atoms with Gasteiger partial charge in [0.1, 0.15) is 24.7 Å². The summed E-state index contributed by atoms with van der Waals surface area (Å²) in [7, 11) is 0. The van der Waals surface area contributed by atoms with Crippen LogP contribution in [0.15, 0.2) is 42.0 Å². The van der Waals surface area contributed by atoms with Crippen molar-refractivity contribution in [2.24, 2.45) is 0 Å². The fourth-order valence-electron chi connectivity index (χ4n) is 4.12. The fraction of sp³-hybridized carbons (Fsp3) is 0.385. The van der Waals surface area contributed by atoms with Gasteiger partial charge in [-0.05, 0) is 61.9 Å². The minimum absolute atomic E-state index is 0.000498. The summed E-state index contributed by atoms with van der Waals surface area (Å²) in [6, 6.07) is 11.1. The van der Waals surface area contributed by atoms with E-state index >= 15 is 0 Å². The molecule has 0 fully saturated rings. The van der Waals surface area contributed by atoms with E-state index in [9.17, 15) is 9.59 Å². The van der Waals surface area contributed by atoms with E-state index in [2.05, 4.69) is 21.6 Å². The molecule has 0 unspecified atom stereocenters. The smallest absolute Gasteiger partial charge is 0.255 e. The maximum absolute atomic E-state index is 12.9. The predicted molar refractivity (Wildman–Crippen MR) is 133 cm³/mol. The van der Waals surface area contributed by atoms with E-state index in [1.807, 2.05) is 37.3 Å². The average molecular weight is 484 g/mol. The standard InChI is InChI=1S/C26H30ClN3O4/c1-18-4-6-24-22(13-18)26(32)29-8-11-30(10-2-3-25(31)28-9-12-33-24)16-19-14-20-15-21(27)5-7-23(20)34-17-19/h4-7,13-15H,2-3,8-12,16-17H2,1H3,(H,28,31)(H,29,32). The van der Waals surface area contributed by atoms with Crippen LogP contribution < -0.4 is 20.1 Å². The Balaban J connectivity index is 1.47. The van der Waals surface area contributed by atoms with E-state index in [0.717, 1.165) is 35.4 Å². The number of benzene rings is 2. The predicted octanol–water partition coefficient (Wildman–Crippen LogP) is 3.45. The third kappa shape index (κ3) is 6.52. The lowest BCUT2D eigenvalue weighted by Gasteiger charge is -2.26. The van der Waals surface area contributed by atoms with E-state index in [-0.39, 0.29) is 11.8 Å². The molecule has 2 amide bonds.